The fraction of sp³-hybridized carbons (Fsp3) is 0.857. The quantitative estimate of drug-likeness (QED) is 0.301. The molecule has 0 aliphatic carbocycles. The van der Waals surface area contributed by atoms with Crippen LogP contribution in [0.4, 0.5) is 0 Å². The van der Waals surface area contributed by atoms with Crippen LogP contribution >= 0.6 is 0 Å². The summed E-state index contributed by atoms with van der Waals surface area (Å²) in [5, 5.41) is 0. The Kier molecular flexibility index (Phi) is 10.3. The van der Waals surface area contributed by atoms with E-state index in [1.54, 1.807) is 0 Å². The molecule has 23 heavy (non-hydrogen) atoms. The fourth-order valence-corrected chi connectivity index (χ4v) is 3.06. The summed E-state index contributed by atoms with van der Waals surface area (Å²) in [5.41, 5.74) is 0.196. The zero-order valence-electron chi connectivity index (χ0n) is 16.3. The smallest absolute Gasteiger partial charge is 0.237 e. The largest absolute Gasteiger partial charge is 0.244 e. The van der Waals surface area contributed by atoms with Crippen molar-refractivity contribution in [3.8, 4) is 0 Å². The molecule has 1 aromatic heterocycles. The first kappa shape index (κ1) is 20.3. The third kappa shape index (κ3) is 9.84. The molecule has 0 unspecified atom stereocenters. The number of aryl methyl sites for hydroxylation is 1. The molecular formula is C21H41N2+. The standard InChI is InChI=1S/C21H41N2/c1-5-6-7-8-9-10-11-12-13-14-15-16-17-22-18-19-23(20-22)21(2,3)4/h18-20H,5-17H2,1-4H3/q+1. The molecule has 0 radical (unpaired) electrons. The normalized spacial score (nSPS) is 12.0. The predicted molar refractivity (Wildman–Crippen MR) is 101 cm³/mol. The lowest BCUT2D eigenvalue weighted by molar-refractivity contribution is -0.753. The van der Waals surface area contributed by atoms with Gasteiger partial charge in [-0.3, -0.25) is 0 Å². The molecular weight excluding hydrogens is 280 g/mol. The molecule has 0 aliphatic rings. The highest BCUT2D eigenvalue weighted by Gasteiger charge is 2.18. The van der Waals surface area contributed by atoms with Crippen molar-refractivity contribution in [3.63, 3.8) is 0 Å². The molecule has 0 saturated heterocycles. The monoisotopic (exact) mass is 321 g/mol. The lowest BCUT2D eigenvalue weighted by Crippen LogP contribution is -2.48. The maximum absolute atomic E-state index is 2.33. The van der Waals surface area contributed by atoms with Crippen LogP contribution in [-0.2, 0) is 12.1 Å². The van der Waals surface area contributed by atoms with E-state index in [2.05, 4.69) is 55.6 Å². The highest BCUT2D eigenvalue weighted by atomic mass is 15.1. The lowest BCUT2D eigenvalue weighted by Gasteiger charge is -2.13. The molecule has 0 aromatic carbocycles. The number of nitrogens with zero attached hydrogens (tertiary/aromatic N) is 2. The molecule has 0 saturated carbocycles. The van der Waals surface area contributed by atoms with E-state index in [0.717, 1.165) is 0 Å². The van der Waals surface area contributed by atoms with Crippen LogP contribution in [0.5, 0.6) is 0 Å². The minimum absolute atomic E-state index is 0.196. The van der Waals surface area contributed by atoms with Crippen molar-refractivity contribution in [2.24, 2.45) is 0 Å². The van der Waals surface area contributed by atoms with Crippen LogP contribution in [0.2, 0.25) is 0 Å². The first-order chi connectivity index (χ1) is 11.0. The van der Waals surface area contributed by atoms with Crippen molar-refractivity contribution in [1.82, 2.24) is 4.57 Å². The summed E-state index contributed by atoms with van der Waals surface area (Å²) in [4.78, 5) is 0. The van der Waals surface area contributed by atoms with Gasteiger partial charge in [0.1, 0.15) is 17.9 Å². The first-order valence-corrected chi connectivity index (χ1v) is 10.1. The van der Waals surface area contributed by atoms with Gasteiger partial charge in [-0.2, -0.15) is 0 Å². The second-order valence-electron chi connectivity index (χ2n) is 8.12. The Balaban J connectivity index is 1.91. The number of hydrogen-bond acceptors (Lipinski definition) is 0. The molecule has 0 fully saturated rings. The van der Waals surface area contributed by atoms with E-state index < -0.39 is 0 Å². The minimum atomic E-state index is 0.196. The molecule has 0 atom stereocenters. The molecule has 0 bridgehead atoms. The van der Waals surface area contributed by atoms with Crippen molar-refractivity contribution in [1.29, 1.82) is 0 Å². The van der Waals surface area contributed by atoms with Crippen LogP contribution in [0.25, 0.3) is 0 Å². The lowest BCUT2D eigenvalue weighted by atomic mass is 10.1. The van der Waals surface area contributed by atoms with E-state index in [4.69, 9.17) is 0 Å². The average molecular weight is 322 g/mol. The zero-order chi connectivity index (χ0) is 17.0. The van der Waals surface area contributed by atoms with Gasteiger partial charge in [-0.15, -0.1) is 0 Å². The third-order valence-corrected chi connectivity index (χ3v) is 4.74. The maximum Gasteiger partial charge on any atom is 0.244 e. The number of aromatic nitrogens is 2. The maximum atomic E-state index is 2.33. The van der Waals surface area contributed by atoms with Crippen LogP contribution in [0.1, 0.15) is 105 Å². The first-order valence-electron chi connectivity index (χ1n) is 10.1. The van der Waals surface area contributed by atoms with Crippen LogP contribution < -0.4 is 4.57 Å². The Morgan fingerprint density at radius 2 is 1.22 bits per heavy atom. The summed E-state index contributed by atoms with van der Waals surface area (Å²) >= 11 is 0. The second-order valence-corrected chi connectivity index (χ2v) is 8.12. The van der Waals surface area contributed by atoms with Gasteiger partial charge in [-0.25, -0.2) is 9.13 Å². The molecule has 0 N–H and O–H groups in total. The molecule has 134 valence electrons. The van der Waals surface area contributed by atoms with Gasteiger partial charge in [0.05, 0.1) is 6.54 Å². The summed E-state index contributed by atoms with van der Waals surface area (Å²) in [5.74, 6) is 0. The fourth-order valence-electron chi connectivity index (χ4n) is 3.06. The molecule has 1 heterocycles. The molecule has 2 nitrogen and oxygen atoms in total. The SMILES string of the molecule is CCCCCCCCCCCCCCn1cc[n+](C(C)(C)C)c1. The summed E-state index contributed by atoms with van der Waals surface area (Å²) < 4.78 is 4.63. The van der Waals surface area contributed by atoms with Gasteiger partial charge in [0.2, 0.25) is 6.33 Å². The van der Waals surface area contributed by atoms with Crippen molar-refractivity contribution in [2.45, 2.75) is 117 Å². The number of hydrogen-bond donors (Lipinski definition) is 0. The third-order valence-electron chi connectivity index (χ3n) is 4.74. The van der Waals surface area contributed by atoms with E-state index in [0.29, 0.717) is 0 Å². The van der Waals surface area contributed by atoms with Crippen molar-refractivity contribution >= 4 is 0 Å². The van der Waals surface area contributed by atoms with E-state index >= 15 is 0 Å². The Labute approximate surface area is 145 Å². The van der Waals surface area contributed by atoms with Crippen molar-refractivity contribution < 1.29 is 4.57 Å². The van der Waals surface area contributed by atoms with Gasteiger partial charge in [0.25, 0.3) is 0 Å². The summed E-state index contributed by atoms with van der Waals surface area (Å²) in [6, 6.07) is 0. The van der Waals surface area contributed by atoms with Crippen LogP contribution in [-0.4, -0.2) is 4.57 Å². The number of unbranched alkanes of at least 4 members (excludes halogenated alkanes) is 11. The Hall–Kier alpha value is -0.790. The van der Waals surface area contributed by atoms with Crippen molar-refractivity contribution in [3.05, 3.63) is 18.7 Å². The molecule has 0 amide bonds. The molecule has 1 aromatic rings. The van der Waals surface area contributed by atoms with E-state index in [1.165, 1.54) is 83.6 Å². The van der Waals surface area contributed by atoms with Gasteiger partial charge in [-0.05, 0) is 33.6 Å². The zero-order valence-corrected chi connectivity index (χ0v) is 16.3. The minimum Gasteiger partial charge on any atom is -0.237 e. The highest BCUT2D eigenvalue weighted by Crippen LogP contribution is 2.12. The van der Waals surface area contributed by atoms with E-state index in [9.17, 15) is 0 Å². The predicted octanol–water partition coefficient (Wildman–Crippen LogP) is 6.23. The average Bonchev–Trinajstić information content (AvgIpc) is 2.97. The second kappa shape index (κ2) is 11.7. The van der Waals surface area contributed by atoms with Crippen molar-refractivity contribution in [2.75, 3.05) is 0 Å². The Morgan fingerprint density at radius 1 is 0.739 bits per heavy atom. The Bertz CT molecular complexity index is 387. The molecule has 0 spiro atoms. The molecule has 2 heteroatoms. The van der Waals surface area contributed by atoms with Gasteiger partial charge in [0, 0.05) is 0 Å². The summed E-state index contributed by atoms with van der Waals surface area (Å²) in [6.45, 7) is 10.2. The van der Waals surface area contributed by atoms with Crippen LogP contribution in [0.15, 0.2) is 18.7 Å². The Morgan fingerprint density at radius 3 is 1.65 bits per heavy atom. The number of imidazole rings is 1. The van der Waals surface area contributed by atoms with Gasteiger partial charge < -0.3 is 0 Å². The van der Waals surface area contributed by atoms with Crippen LogP contribution in [0.3, 0.4) is 0 Å². The summed E-state index contributed by atoms with van der Waals surface area (Å²) in [7, 11) is 0. The van der Waals surface area contributed by atoms with E-state index in [-0.39, 0.29) is 5.54 Å². The van der Waals surface area contributed by atoms with Gasteiger partial charge in [-0.1, -0.05) is 71.1 Å². The van der Waals surface area contributed by atoms with Crippen LogP contribution in [0, 0.1) is 0 Å². The highest BCUT2D eigenvalue weighted by molar-refractivity contribution is 4.68. The van der Waals surface area contributed by atoms with Gasteiger partial charge in [0.15, 0.2) is 0 Å². The molecule has 0 aliphatic heterocycles. The topological polar surface area (TPSA) is 8.81 Å². The summed E-state index contributed by atoms with van der Waals surface area (Å²) in [6.07, 6.45) is 23.7. The number of rotatable bonds is 13. The van der Waals surface area contributed by atoms with E-state index in [1.807, 2.05) is 0 Å². The van der Waals surface area contributed by atoms with Gasteiger partial charge >= 0.3 is 0 Å². The molecule has 1 rings (SSSR count).